The van der Waals surface area contributed by atoms with Gasteiger partial charge in [0.05, 0.1) is 6.07 Å². The van der Waals surface area contributed by atoms with Crippen LogP contribution < -0.4 is 5.32 Å². The Kier molecular flexibility index (Phi) is 3.30. The number of rotatable bonds is 4. The molecule has 1 aliphatic rings. The van der Waals surface area contributed by atoms with Gasteiger partial charge in [-0.3, -0.25) is 10.1 Å². The summed E-state index contributed by atoms with van der Waals surface area (Å²) < 4.78 is 0. The van der Waals surface area contributed by atoms with Gasteiger partial charge in [0.1, 0.15) is 5.54 Å². The Hall–Kier alpha value is -1.57. The number of urea groups is 1. The Morgan fingerprint density at radius 1 is 1.40 bits per heavy atom. The second kappa shape index (κ2) is 4.30. The largest absolute Gasteiger partial charge is 0.324 e. The summed E-state index contributed by atoms with van der Waals surface area (Å²) in [4.78, 5) is 24.3. The Balaban J connectivity index is 2.50. The van der Waals surface area contributed by atoms with E-state index >= 15 is 0 Å². The van der Waals surface area contributed by atoms with Crippen molar-refractivity contribution in [2.75, 3.05) is 6.54 Å². The van der Waals surface area contributed by atoms with Crippen molar-refractivity contribution in [1.82, 2.24) is 10.2 Å². The molecule has 1 fully saturated rings. The maximum Gasteiger partial charge on any atom is 0.324 e. The zero-order chi connectivity index (χ0) is 11.5. The molecule has 0 aliphatic carbocycles. The first kappa shape index (κ1) is 11.5. The average Bonchev–Trinajstić information content (AvgIpc) is 2.34. The Morgan fingerprint density at radius 2 is 2.07 bits per heavy atom. The number of nitriles is 1. The maximum atomic E-state index is 11.4. The minimum atomic E-state index is -0.760. The molecule has 5 heteroatoms. The molecule has 1 aliphatic heterocycles. The highest BCUT2D eigenvalue weighted by Gasteiger charge is 2.44. The third-order valence-electron chi connectivity index (χ3n) is 2.62. The fourth-order valence-corrected chi connectivity index (χ4v) is 1.55. The number of unbranched alkanes of at least 4 members (excludes halogenated alkanes) is 2. The number of carbonyl (C=O) groups excluding carboxylic acids is 2. The standard InChI is InChI=1S/C10H15N3O2/c1-10(2)8(14)12-9(15)13(10)7-5-3-4-6-11/h3-5,7H2,1-2H3,(H,12,14,15). The van der Waals surface area contributed by atoms with Crippen molar-refractivity contribution in [2.24, 2.45) is 0 Å². The summed E-state index contributed by atoms with van der Waals surface area (Å²) in [6.45, 7) is 3.96. The summed E-state index contributed by atoms with van der Waals surface area (Å²) in [5.41, 5.74) is -0.760. The van der Waals surface area contributed by atoms with Crippen molar-refractivity contribution >= 4 is 11.9 Å². The molecule has 0 spiro atoms. The van der Waals surface area contributed by atoms with Crippen molar-refractivity contribution in [3.8, 4) is 6.07 Å². The number of amides is 3. The normalized spacial score (nSPS) is 18.9. The summed E-state index contributed by atoms with van der Waals surface area (Å²) in [7, 11) is 0. The van der Waals surface area contributed by atoms with E-state index in [-0.39, 0.29) is 11.9 Å². The summed E-state index contributed by atoms with van der Waals surface area (Å²) in [5.74, 6) is -0.257. The average molecular weight is 209 g/mol. The smallest absolute Gasteiger partial charge is 0.310 e. The summed E-state index contributed by atoms with van der Waals surface area (Å²) >= 11 is 0. The Bertz CT molecular complexity index is 317. The molecule has 1 saturated heterocycles. The van der Waals surface area contributed by atoms with Gasteiger partial charge in [-0.15, -0.1) is 0 Å². The summed E-state index contributed by atoms with van der Waals surface area (Å²) in [6.07, 6.45) is 1.99. The quantitative estimate of drug-likeness (QED) is 0.554. The van der Waals surface area contributed by atoms with E-state index in [0.717, 1.165) is 12.8 Å². The zero-order valence-corrected chi connectivity index (χ0v) is 9.04. The van der Waals surface area contributed by atoms with Crippen molar-refractivity contribution in [3.63, 3.8) is 0 Å². The molecular formula is C10H15N3O2. The van der Waals surface area contributed by atoms with Crippen LogP contribution in [0.2, 0.25) is 0 Å². The highest BCUT2D eigenvalue weighted by Crippen LogP contribution is 2.21. The van der Waals surface area contributed by atoms with E-state index in [4.69, 9.17) is 5.26 Å². The molecule has 0 unspecified atom stereocenters. The first-order valence-electron chi connectivity index (χ1n) is 5.00. The number of hydrogen-bond donors (Lipinski definition) is 1. The van der Waals surface area contributed by atoms with E-state index in [1.165, 1.54) is 4.90 Å². The van der Waals surface area contributed by atoms with Crippen LogP contribution in [0.25, 0.3) is 0 Å². The van der Waals surface area contributed by atoms with E-state index in [2.05, 4.69) is 5.32 Å². The van der Waals surface area contributed by atoms with E-state index < -0.39 is 5.54 Å². The van der Waals surface area contributed by atoms with Crippen LogP contribution in [0.3, 0.4) is 0 Å². The Labute approximate surface area is 89.0 Å². The lowest BCUT2D eigenvalue weighted by Crippen LogP contribution is -2.44. The van der Waals surface area contributed by atoms with Gasteiger partial charge >= 0.3 is 6.03 Å². The number of nitrogens with one attached hydrogen (secondary N) is 1. The van der Waals surface area contributed by atoms with E-state index in [1.54, 1.807) is 13.8 Å². The molecule has 15 heavy (non-hydrogen) atoms. The number of imide groups is 1. The van der Waals surface area contributed by atoms with Gasteiger partial charge in [0, 0.05) is 13.0 Å². The van der Waals surface area contributed by atoms with Crippen molar-refractivity contribution in [2.45, 2.75) is 38.6 Å². The van der Waals surface area contributed by atoms with Crippen molar-refractivity contribution < 1.29 is 9.59 Å². The first-order chi connectivity index (χ1) is 7.00. The third-order valence-corrected chi connectivity index (χ3v) is 2.62. The molecule has 0 atom stereocenters. The van der Waals surface area contributed by atoms with Crippen LogP contribution in [0, 0.1) is 11.3 Å². The molecule has 0 bridgehead atoms. The molecule has 1 rings (SSSR count). The third kappa shape index (κ3) is 2.27. The van der Waals surface area contributed by atoms with Crippen LogP contribution in [-0.4, -0.2) is 28.9 Å². The molecule has 82 valence electrons. The predicted molar refractivity (Wildman–Crippen MR) is 53.8 cm³/mol. The van der Waals surface area contributed by atoms with Gasteiger partial charge < -0.3 is 4.90 Å². The molecule has 0 aromatic carbocycles. The van der Waals surface area contributed by atoms with Gasteiger partial charge in [-0.2, -0.15) is 5.26 Å². The lowest BCUT2D eigenvalue weighted by Gasteiger charge is -2.27. The zero-order valence-electron chi connectivity index (χ0n) is 9.04. The molecule has 1 heterocycles. The Morgan fingerprint density at radius 3 is 2.53 bits per heavy atom. The molecule has 0 saturated carbocycles. The van der Waals surface area contributed by atoms with E-state index in [9.17, 15) is 9.59 Å². The topological polar surface area (TPSA) is 73.2 Å². The maximum absolute atomic E-state index is 11.4. The van der Waals surface area contributed by atoms with Crippen LogP contribution >= 0.6 is 0 Å². The van der Waals surface area contributed by atoms with Crippen LogP contribution in [0.5, 0.6) is 0 Å². The number of nitrogens with zero attached hydrogens (tertiary/aromatic N) is 2. The van der Waals surface area contributed by atoms with Gasteiger partial charge in [0.25, 0.3) is 5.91 Å². The molecular weight excluding hydrogens is 194 g/mol. The van der Waals surface area contributed by atoms with Gasteiger partial charge in [-0.1, -0.05) is 0 Å². The lowest BCUT2D eigenvalue weighted by atomic mass is 10.0. The number of hydrogen-bond acceptors (Lipinski definition) is 3. The van der Waals surface area contributed by atoms with Gasteiger partial charge in [0.2, 0.25) is 0 Å². The van der Waals surface area contributed by atoms with Crippen molar-refractivity contribution in [1.29, 1.82) is 5.26 Å². The lowest BCUT2D eigenvalue weighted by molar-refractivity contribution is -0.125. The SMILES string of the molecule is CC1(C)C(=O)NC(=O)N1CCCCC#N. The van der Waals surface area contributed by atoms with Gasteiger partial charge in [-0.05, 0) is 26.7 Å². The summed E-state index contributed by atoms with van der Waals surface area (Å²) in [6, 6.07) is 1.72. The highest BCUT2D eigenvalue weighted by atomic mass is 16.2. The van der Waals surface area contributed by atoms with E-state index in [0.29, 0.717) is 13.0 Å². The van der Waals surface area contributed by atoms with Crippen LogP contribution in [0.1, 0.15) is 33.1 Å². The van der Waals surface area contributed by atoms with Crippen LogP contribution in [0.4, 0.5) is 4.79 Å². The molecule has 0 radical (unpaired) electrons. The second-order valence-corrected chi connectivity index (χ2v) is 4.09. The molecule has 1 N–H and O–H groups in total. The minimum absolute atomic E-state index is 0.257. The molecule has 5 nitrogen and oxygen atoms in total. The number of carbonyl (C=O) groups is 2. The minimum Gasteiger partial charge on any atom is -0.310 e. The fourth-order valence-electron chi connectivity index (χ4n) is 1.55. The van der Waals surface area contributed by atoms with Crippen LogP contribution in [-0.2, 0) is 4.79 Å². The first-order valence-corrected chi connectivity index (χ1v) is 5.00. The molecule has 0 aromatic rings. The van der Waals surface area contributed by atoms with E-state index in [1.807, 2.05) is 6.07 Å². The summed E-state index contributed by atoms with van der Waals surface area (Å²) in [5, 5.41) is 10.6. The van der Waals surface area contributed by atoms with Crippen LogP contribution in [0.15, 0.2) is 0 Å². The fraction of sp³-hybridized carbons (Fsp3) is 0.700. The molecule has 3 amide bonds. The van der Waals surface area contributed by atoms with Gasteiger partial charge in [0.15, 0.2) is 0 Å². The highest BCUT2D eigenvalue weighted by molar-refractivity contribution is 6.06. The van der Waals surface area contributed by atoms with Gasteiger partial charge in [-0.25, -0.2) is 4.79 Å². The second-order valence-electron chi connectivity index (χ2n) is 4.09. The van der Waals surface area contributed by atoms with Crippen molar-refractivity contribution in [3.05, 3.63) is 0 Å². The predicted octanol–water partition coefficient (Wildman–Crippen LogP) is 1.01. The molecule has 0 aromatic heterocycles. The monoisotopic (exact) mass is 209 g/mol.